The fourth-order valence-electron chi connectivity index (χ4n) is 4.23. The summed E-state index contributed by atoms with van der Waals surface area (Å²) < 4.78 is 47.3. The molecule has 1 aromatic heterocycles. The van der Waals surface area contributed by atoms with Crippen molar-refractivity contribution in [2.45, 2.75) is 42.6 Å². The number of aliphatic imine (C=N–C) groups is 1. The molecule has 1 amide bonds. The first-order valence-electron chi connectivity index (χ1n) is 13.0. The molecular formula is C29H31FN4O6S2. The number of aliphatic carboxylic acids is 1. The molecule has 0 aliphatic carbocycles. The molecule has 1 aliphatic rings. The highest BCUT2D eigenvalue weighted by Gasteiger charge is 2.45. The molecule has 3 N–H and O–H groups in total. The number of hydrogen-bond acceptors (Lipinski definition) is 9. The second kappa shape index (κ2) is 12.2. The molecule has 222 valence electrons. The number of carbonyl (C=O) groups excluding carboxylic acids is 1. The van der Waals surface area contributed by atoms with Crippen LogP contribution in [0.25, 0.3) is 0 Å². The standard InChI is InChI=1S/C29H31FN4O6S2/c1-28(2,3)40-27(37)34(18-25(35)36)24-6-4-5-23(33-24)29(31,42(38,39)22-13-11-21(30)12-14-22)17-19-7-9-20(10-8-19)26-32-15-16-41-26/h4-14H,15-18,31H2,1-3H3,(H,35,36). The van der Waals surface area contributed by atoms with Crippen molar-refractivity contribution in [3.8, 4) is 0 Å². The van der Waals surface area contributed by atoms with E-state index >= 15 is 0 Å². The zero-order valence-corrected chi connectivity index (χ0v) is 24.9. The quantitative estimate of drug-likeness (QED) is 0.335. The minimum atomic E-state index is -4.44. The highest BCUT2D eigenvalue weighted by Crippen LogP contribution is 2.35. The summed E-state index contributed by atoms with van der Waals surface area (Å²) in [4.78, 5) is 31.8. The van der Waals surface area contributed by atoms with Gasteiger partial charge in [0, 0.05) is 24.3 Å². The smallest absolute Gasteiger partial charge is 0.416 e. The Balaban J connectivity index is 1.81. The maximum atomic E-state index is 14.1. The number of carboxylic acid groups (broad SMARTS) is 1. The molecule has 4 rings (SSSR count). The van der Waals surface area contributed by atoms with Crippen molar-refractivity contribution in [2.75, 3.05) is 23.7 Å². The minimum Gasteiger partial charge on any atom is -0.480 e. The Morgan fingerprint density at radius 3 is 2.31 bits per heavy atom. The Morgan fingerprint density at radius 1 is 1.07 bits per heavy atom. The zero-order valence-electron chi connectivity index (χ0n) is 23.3. The van der Waals surface area contributed by atoms with Gasteiger partial charge in [0.2, 0.25) is 9.84 Å². The fraction of sp³-hybridized carbons (Fsp3) is 0.310. The number of aromatic nitrogens is 1. The van der Waals surface area contributed by atoms with E-state index in [9.17, 15) is 27.5 Å². The Labute approximate surface area is 247 Å². The number of pyridine rings is 1. The average molecular weight is 615 g/mol. The highest BCUT2D eigenvalue weighted by atomic mass is 32.2. The summed E-state index contributed by atoms with van der Waals surface area (Å²) in [6.45, 7) is 4.80. The van der Waals surface area contributed by atoms with Gasteiger partial charge in [0.25, 0.3) is 0 Å². The molecule has 0 saturated heterocycles. The summed E-state index contributed by atoms with van der Waals surface area (Å²) in [5.41, 5.74) is 7.16. The Bertz CT molecular complexity index is 1610. The van der Waals surface area contributed by atoms with Crippen molar-refractivity contribution in [3.63, 3.8) is 0 Å². The van der Waals surface area contributed by atoms with Crippen molar-refractivity contribution in [2.24, 2.45) is 10.7 Å². The molecule has 2 heterocycles. The van der Waals surface area contributed by atoms with Crippen molar-refractivity contribution in [3.05, 3.63) is 89.4 Å². The van der Waals surface area contributed by atoms with E-state index in [2.05, 4.69) is 9.98 Å². The van der Waals surface area contributed by atoms with Crippen LogP contribution < -0.4 is 10.6 Å². The summed E-state index contributed by atoms with van der Waals surface area (Å²) in [6, 6.07) is 15.6. The molecule has 0 fully saturated rings. The van der Waals surface area contributed by atoms with Gasteiger partial charge in [0.15, 0.2) is 4.87 Å². The first kappa shape index (κ1) is 31.1. The lowest BCUT2D eigenvalue weighted by Gasteiger charge is -2.31. The second-order valence-corrected chi connectivity index (χ2v) is 13.9. The number of halogens is 1. The number of carbonyl (C=O) groups is 2. The van der Waals surface area contributed by atoms with Crippen LogP contribution in [-0.2, 0) is 30.7 Å². The fourth-order valence-corrected chi connectivity index (χ4v) is 6.75. The van der Waals surface area contributed by atoms with E-state index in [4.69, 9.17) is 10.5 Å². The number of rotatable bonds is 9. The van der Waals surface area contributed by atoms with Crippen LogP contribution in [0.5, 0.6) is 0 Å². The van der Waals surface area contributed by atoms with Crippen LogP contribution in [0.4, 0.5) is 15.0 Å². The predicted octanol–water partition coefficient (Wildman–Crippen LogP) is 4.37. The molecule has 10 nitrogen and oxygen atoms in total. The number of sulfone groups is 1. The molecule has 2 aromatic carbocycles. The van der Waals surface area contributed by atoms with Crippen molar-refractivity contribution in [1.82, 2.24) is 4.98 Å². The predicted molar refractivity (Wildman–Crippen MR) is 159 cm³/mol. The number of ether oxygens (including phenoxy) is 1. The first-order valence-corrected chi connectivity index (χ1v) is 15.4. The molecule has 0 spiro atoms. The number of carboxylic acids is 1. The van der Waals surface area contributed by atoms with Crippen LogP contribution in [0.1, 0.15) is 37.6 Å². The number of nitrogens with zero attached hydrogens (tertiary/aromatic N) is 3. The van der Waals surface area contributed by atoms with Gasteiger partial charge in [0.1, 0.15) is 23.8 Å². The average Bonchev–Trinajstić information content (AvgIpc) is 3.46. The van der Waals surface area contributed by atoms with Crippen LogP contribution in [0.3, 0.4) is 0 Å². The third kappa shape index (κ3) is 6.97. The summed E-state index contributed by atoms with van der Waals surface area (Å²) in [5, 5.41) is 10.4. The second-order valence-electron chi connectivity index (χ2n) is 10.6. The topological polar surface area (TPSA) is 152 Å². The molecule has 0 radical (unpaired) electrons. The van der Waals surface area contributed by atoms with Crippen molar-refractivity contribution in [1.29, 1.82) is 0 Å². The molecule has 3 aromatic rings. The maximum absolute atomic E-state index is 14.1. The van der Waals surface area contributed by atoms with Crippen LogP contribution in [-0.4, -0.2) is 60.1 Å². The molecule has 0 bridgehead atoms. The first-order chi connectivity index (χ1) is 19.7. The molecule has 0 saturated carbocycles. The van der Waals surface area contributed by atoms with E-state index in [0.717, 1.165) is 52.1 Å². The number of hydrogen-bond donors (Lipinski definition) is 2. The summed E-state index contributed by atoms with van der Waals surface area (Å²) in [7, 11) is -4.44. The normalized spacial score (nSPS) is 15.0. The summed E-state index contributed by atoms with van der Waals surface area (Å²) in [6.07, 6.45) is -1.23. The number of amides is 1. The number of benzene rings is 2. The van der Waals surface area contributed by atoms with Crippen LogP contribution >= 0.6 is 11.8 Å². The third-order valence-corrected chi connectivity index (χ3v) is 9.44. The molecule has 1 aliphatic heterocycles. The summed E-state index contributed by atoms with van der Waals surface area (Å²) in [5.74, 6) is -1.24. The van der Waals surface area contributed by atoms with Crippen LogP contribution in [0.2, 0.25) is 0 Å². The maximum Gasteiger partial charge on any atom is 0.416 e. The Kier molecular flexibility index (Phi) is 9.04. The van der Waals surface area contributed by atoms with Gasteiger partial charge in [-0.15, -0.1) is 11.8 Å². The Morgan fingerprint density at radius 2 is 1.74 bits per heavy atom. The van der Waals surface area contributed by atoms with Gasteiger partial charge in [0.05, 0.1) is 15.6 Å². The van der Waals surface area contributed by atoms with E-state index in [1.54, 1.807) is 44.7 Å². The van der Waals surface area contributed by atoms with E-state index in [1.165, 1.54) is 18.2 Å². The number of thioether (sulfide) groups is 1. The van der Waals surface area contributed by atoms with Gasteiger partial charge in [-0.25, -0.2) is 22.6 Å². The lowest BCUT2D eigenvalue weighted by atomic mass is 10.0. The number of anilines is 1. The lowest BCUT2D eigenvalue weighted by molar-refractivity contribution is -0.135. The van der Waals surface area contributed by atoms with E-state index in [1.807, 2.05) is 12.1 Å². The van der Waals surface area contributed by atoms with Gasteiger partial charge < -0.3 is 15.6 Å². The van der Waals surface area contributed by atoms with Gasteiger partial charge in [-0.1, -0.05) is 30.3 Å². The third-order valence-electron chi connectivity index (χ3n) is 6.21. The van der Waals surface area contributed by atoms with Crippen molar-refractivity contribution >= 4 is 44.5 Å². The summed E-state index contributed by atoms with van der Waals surface area (Å²) >= 11 is 1.63. The lowest BCUT2D eigenvalue weighted by Crippen LogP contribution is -2.48. The van der Waals surface area contributed by atoms with E-state index < -0.39 is 44.7 Å². The molecule has 1 atom stereocenters. The van der Waals surface area contributed by atoms with E-state index in [-0.39, 0.29) is 22.8 Å². The minimum absolute atomic E-state index is 0.150. The van der Waals surface area contributed by atoms with Crippen molar-refractivity contribution < 1.29 is 32.2 Å². The largest absolute Gasteiger partial charge is 0.480 e. The van der Waals surface area contributed by atoms with Gasteiger partial charge in [-0.05, 0) is 62.7 Å². The van der Waals surface area contributed by atoms with Gasteiger partial charge in [-0.2, -0.15) is 0 Å². The molecule has 1 unspecified atom stereocenters. The van der Waals surface area contributed by atoms with E-state index in [0.29, 0.717) is 5.56 Å². The van der Waals surface area contributed by atoms with Gasteiger partial charge in [-0.3, -0.25) is 14.7 Å². The molecule has 42 heavy (non-hydrogen) atoms. The zero-order chi connectivity index (χ0) is 30.7. The SMILES string of the molecule is CC(C)(C)OC(=O)N(CC(=O)O)c1cccc(C(N)(Cc2ccc(C3=NCCS3)cc2)S(=O)(=O)c2ccc(F)cc2)n1. The molecule has 13 heteroatoms. The number of nitrogens with two attached hydrogens (primary N) is 1. The van der Waals surface area contributed by atoms with Gasteiger partial charge >= 0.3 is 12.1 Å². The van der Waals surface area contributed by atoms with Crippen LogP contribution in [0.15, 0.2) is 76.6 Å². The Hall–Kier alpha value is -3.81. The highest BCUT2D eigenvalue weighted by molar-refractivity contribution is 8.14. The molecular weight excluding hydrogens is 583 g/mol. The van der Waals surface area contributed by atoms with Crippen LogP contribution in [0, 0.1) is 5.82 Å². The monoisotopic (exact) mass is 614 g/mol.